The van der Waals surface area contributed by atoms with E-state index in [0.717, 1.165) is 30.8 Å². The highest BCUT2D eigenvalue weighted by Crippen LogP contribution is 2.28. The van der Waals surface area contributed by atoms with Gasteiger partial charge in [0.2, 0.25) is 11.9 Å². The van der Waals surface area contributed by atoms with Crippen molar-refractivity contribution in [1.82, 2.24) is 9.97 Å². The average molecular weight is 375 g/mol. The molecule has 1 N–H and O–H groups in total. The summed E-state index contributed by atoms with van der Waals surface area (Å²) in [7, 11) is 1.58. The molecule has 2 aromatic rings. The van der Waals surface area contributed by atoms with Crippen molar-refractivity contribution in [3.63, 3.8) is 0 Å². The van der Waals surface area contributed by atoms with Crippen LogP contribution in [0, 0.1) is 19.8 Å². The van der Waals surface area contributed by atoms with Crippen molar-refractivity contribution >= 4 is 29.1 Å². The molecule has 7 heteroatoms. The molecule has 0 unspecified atom stereocenters. The van der Waals surface area contributed by atoms with E-state index in [1.165, 1.54) is 0 Å². The number of benzene rings is 1. The summed E-state index contributed by atoms with van der Waals surface area (Å²) in [6, 6.07) is 7.15. The Balaban J connectivity index is 1.72. The number of rotatable bonds is 4. The summed E-state index contributed by atoms with van der Waals surface area (Å²) in [5.74, 6) is 1.16. The van der Waals surface area contributed by atoms with Crippen LogP contribution in [-0.2, 0) is 4.79 Å². The summed E-state index contributed by atoms with van der Waals surface area (Å²) < 4.78 is 5.20. The van der Waals surface area contributed by atoms with Crippen molar-refractivity contribution in [2.75, 3.05) is 30.4 Å². The number of hydrogen-bond acceptors (Lipinski definition) is 5. The van der Waals surface area contributed by atoms with Crippen LogP contribution in [0.5, 0.6) is 5.75 Å². The fourth-order valence-electron chi connectivity index (χ4n) is 3.18. The number of nitrogens with one attached hydrogen (secondary N) is 1. The Kier molecular flexibility index (Phi) is 5.61. The van der Waals surface area contributed by atoms with Crippen molar-refractivity contribution in [3.8, 4) is 5.75 Å². The van der Waals surface area contributed by atoms with Gasteiger partial charge in [-0.3, -0.25) is 4.79 Å². The molecule has 1 aromatic heterocycles. The number of anilines is 2. The Bertz CT molecular complexity index is 792. The first-order chi connectivity index (χ1) is 12.5. The second-order valence-electron chi connectivity index (χ2n) is 6.57. The third kappa shape index (κ3) is 4.25. The first-order valence-electron chi connectivity index (χ1n) is 8.68. The molecule has 0 saturated carbocycles. The first kappa shape index (κ1) is 18.5. The monoisotopic (exact) mass is 374 g/mol. The number of methoxy groups -OCH3 is 1. The molecule has 1 saturated heterocycles. The van der Waals surface area contributed by atoms with Gasteiger partial charge in [0.15, 0.2) is 0 Å². The van der Waals surface area contributed by atoms with Crippen LogP contribution >= 0.6 is 11.6 Å². The van der Waals surface area contributed by atoms with Gasteiger partial charge >= 0.3 is 0 Å². The maximum atomic E-state index is 12.8. The number of ether oxygens (including phenoxy) is 1. The molecule has 1 amide bonds. The Morgan fingerprint density at radius 3 is 2.69 bits per heavy atom. The molecular weight excluding hydrogens is 352 g/mol. The summed E-state index contributed by atoms with van der Waals surface area (Å²) in [5, 5.41) is 3.42. The fourth-order valence-corrected chi connectivity index (χ4v) is 3.35. The van der Waals surface area contributed by atoms with E-state index < -0.39 is 0 Å². The largest absolute Gasteiger partial charge is 0.497 e. The van der Waals surface area contributed by atoms with Gasteiger partial charge < -0.3 is 15.0 Å². The topological polar surface area (TPSA) is 67.3 Å². The Labute approximate surface area is 158 Å². The molecule has 3 rings (SSSR count). The molecule has 6 nitrogen and oxygen atoms in total. The molecule has 1 aliphatic rings. The van der Waals surface area contributed by atoms with E-state index in [-0.39, 0.29) is 11.8 Å². The normalized spacial score (nSPS) is 17.1. The molecule has 1 aromatic carbocycles. The highest BCUT2D eigenvalue weighted by molar-refractivity contribution is 6.33. The van der Waals surface area contributed by atoms with Crippen LogP contribution in [0.15, 0.2) is 24.3 Å². The smallest absolute Gasteiger partial charge is 0.229 e. The van der Waals surface area contributed by atoms with Gasteiger partial charge in [-0.2, -0.15) is 0 Å². The van der Waals surface area contributed by atoms with E-state index in [2.05, 4.69) is 20.2 Å². The molecular formula is C19H23ClN4O2. The van der Waals surface area contributed by atoms with Gasteiger partial charge in [0.25, 0.3) is 0 Å². The van der Waals surface area contributed by atoms with Crippen LogP contribution in [0.4, 0.5) is 11.6 Å². The SMILES string of the molecule is COc1ccc(Cl)c(NC(=O)[C@H]2CCCN(c3nc(C)cc(C)n3)C2)c1. The minimum atomic E-state index is -0.143. The van der Waals surface area contributed by atoms with Crippen molar-refractivity contribution in [1.29, 1.82) is 0 Å². The van der Waals surface area contributed by atoms with E-state index in [4.69, 9.17) is 16.3 Å². The molecule has 26 heavy (non-hydrogen) atoms. The van der Waals surface area contributed by atoms with E-state index in [1.54, 1.807) is 25.3 Å². The number of carbonyl (C=O) groups excluding carboxylic acids is 1. The summed E-state index contributed by atoms with van der Waals surface area (Å²) >= 11 is 6.19. The minimum Gasteiger partial charge on any atom is -0.497 e. The molecule has 0 aliphatic carbocycles. The van der Waals surface area contributed by atoms with E-state index >= 15 is 0 Å². The number of halogens is 1. The van der Waals surface area contributed by atoms with Gasteiger partial charge in [0, 0.05) is 30.5 Å². The second-order valence-corrected chi connectivity index (χ2v) is 6.98. The summed E-state index contributed by atoms with van der Waals surface area (Å²) in [5.41, 5.74) is 2.43. The van der Waals surface area contributed by atoms with Crippen molar-refractivity contribution in [3.05, 3.63) is 40.7 Å². The van der Waals surface area contributed by atoms with Crippen LogP contribution < -0.4 is 15.0 Å². The Morgan fingerprint density at radius 1 is 1.27 bits per heavy atom. The van der Waals surface area contributed by atoms with Gasteiger partial charge in [-0.05, 0) is 44.9 Å². The molecule has 0 bridgehead atoms. The zero-order valence-corrected chi connectivity index (χ0v) is 16.0. The van der Waals surface area contributed by atoms with Crippen molar-refractivity contribution in [2.45, 2.75) is 26.7 Å². The number of amides is 1. The first-order valence-corrected chi connectivity index (χ1v) is 9.05. The standard InChI is InChI=1S/C19H23ClN4O2/c1-12-9-13(2)22-19(21-12)24-8-4-5-14(11-24)18(25)23-17-10-15(26-3)6-7-16(17)20/h6-7,9-10,14H,4-5,8,11H2,1-3H3,(H,23,25)/t14-/m0/s1. The predicted molar refractivity (Wildman–Crippen MR) is 103 cm³/mol. The molecule has 1 atom stereocenters. The van der Waals surface area contributed by atoms with Gasteiger partial charge in [0.1, 0.15) is 5.75 Å². The fraction of sp³-hybridized carbons (Fsp3) is 0.421. The second kappa shape index (κ2) is 7.91. The van der Waals surface area contributed by atoms with Crippen LogP contribution in [0.1, 0.15) is 24.2 Å². The van der Waals surface area contributed by atoms with Crippen LogP contribution in [0.25, 0.3) is 0 Å². The predicted octanol–water partition coefficient (Wildman–Crippen LogP) is 3.61. The molecule has 1 fully saturated rings. The van der Waals surface area contributed by atoms with Gasteiger partial charge in [0.05, 0.1) is 23.7 Å². The lowest BCUT2D eigenvalue weighted by Crippen LogP contribution is -2.41. The third-order valence-corrected chi connectivity index (χ3v) is 4.81. The Morgan fingerprint density at radius 2 is 2.00 bits per heavy atom. The summed E-state index contributed by atoms with van der Waals surface area (Å²) in [4.78, 5) is 23.9. The molecule has 2 heterocycles. The molecule has 0 radical (unpaired) electrons. The lowest BCUT2D eigenvalue weighted by Gasteiger charge is -2.32. The highest BCUT2D eigenvalue weighted by Gasteiger charge is 2.27. The molecule has 138 valence electrons. The lowest BCUT2D eigenvalue weighted by molar-refractivity contribution is -0.120. The molecule has 0 spiro atoms. The van der Waals surface area contributed by atoms with E-state index in [1.807, 2.05) is 19.9 Å². The highest BCUT2D eigenvalue weighted by atomic mass is 35.5. The molecule has 1 aliphatic heterocycles. The summed E-state index contributed by atoms with van der Waals surface area (Å²) in [6.45, 7) is 5.36. The zero-order valence-electron chi connectivity index (χ0n) is 15.3. The maximum Gasteiger partial charge on any atom is 0.229 e. The number of aryl methyl sites for hydroxylation is 2. The van der Waals surface area contributed by atoms with Crippen LogP contribution in [0.2, 0.25) is 5.02 Å². The number of carbonyl (C=O) groups is 1. The average Bonchev–Trinajstić information content (AvgIpc) is 2.63. The van der Waals surface area contributed by atoms with Gasteiger partial charge in [-0.15, -0.1) is 0 Å². The quantitative estimate of drug-likeness (QED) is 0.885. The Hall–Kier alpha value is -2.34. The minimum absolute atomic E-state index is 0.0470. The van der Waals surface area contributed by atoms with Gasteiger partial charge in [-0.25, -0.2) is 9.97 Å². The number of hydrogen-bond donors (Lipinski definition) is 1. The third-order valence-electron chi connectivity index (χ3n) is 4.48. The number of piperidine rings is 1. The zero-order chi connectivity index (χ0) is 18.7. The van der Waals surface area contributed by atoms with Crippen LogP contribution in [0.3, 0.4) is 0 Å². The van der Waals surface area contributed by atoms with Crippen molar-refractivity contribution in [2.24, 2.45) is 5.92 Å². The van der Waals surface area contributed by atoms with Gasteiger partial charge in [-0.1, -0.05) is 11.6 Å². The van der Waals surface area contributed by atoms with Crippen molar-refractivity contribution < 1.29 is 9.53 Å². The van der Waals surface area contributed by atoms with E-state index in [9.17, 15) is 4.79 Å². The number of nitrogens with zero attached hydrogens (tertiary/aromatic N) is 3. The van der Waals surface area contributed by atoms with Crippen LogP contribution in [-0.4, -0.2) is 36.1 Å². The maximum absolute atomic E-state index is 12.8. The summed E-state index contributed by atoms with van der Waals surface area (Å²) in [6.07, 6.45) is 1.75. The number of aromatic nitrogens is 2. The van der Waals surface area contributed by atoms with E-state index in [0.29, 0.717) is 29.0 Å². The lowest BCUT2D eigenvalue weighted by atomic mass is 9.97.